The number of hydrogen-bond donors (Lipinski definition) is 2. The smallest absolute Gasteiger partial charge is 0.317 e. The van der Waals surface area contributed by atoms with Gasteiger partial charge in [-0.1, -0.05) is 26.2 Å². The molecule has 5 heteroatoms. The number of carboxylic acid groups (broad SMARTS) is 1. The Hall–Kier alpha value is -1.26. The van der Waals surface area contributed by atoms with Gasteiger partial charge in [-0.2, -0.15) is 0 Å². The Balaban J connectivity index is 2.54. The standard InChI is InChI=1S/C14H26N2O3/c1-3-11(10-13(17)18)15-14(19)16(4-2)12-8-6-5-7-9-12/h11-12H,3-10H2,1-2H3,(H,15,19)(H,17,18). The van der Waals surface area contributed by atoms with E-state index in [4.69, 9.17) is 5.11 Å². The van der Waals surface area contributed by atoms with Crippen LogP contribution in [0.25, 0.3) is 0 Å². The number of amides is 2. The fourth-order valence-corrected chi connectivity index (χ4v) is 2.73. The fourth-order valence-electron chi connectivity index (χ4n) is 2.73. The van der Waals surface area contributed by atoms with Crippen molar-refractivity contribution in [2.24, 2.45) is 0 Å². The molecule has 0 heterocycles. The van der Waals surface area contributed by atoms with Crippen molar-refractivity contribution < 1.29 is 14.7 Å². The van der Waals surface area contributed by atoms with Crippen molar-refractivity contribution in [3.8, 4) is 0 Å². The molecular formula is C14H26N2O3. The Labute approximate surface area is 115 Å². The van der Waals surface area contributed by atoms with Crippen LogP contribution in [-0.2, 0) is 4.79 Å². The highest BCUT2D eigenvalue weighted by molar-refractivity contribution is 5.76. The van der Waals surface area contributed by atoms with Gasteiger partial charge in [-0.05, 0) is 26.2 Å². The second-order valence-corrected chi connectivity index (χ2v) is 5.23. The SMILES string of the molecule is CCC(CC(=O)O)NC(=O)N(CC)C1CCCCC1. The minimum Gasteiger partial charge on any atom is -0.481 e. The van der Waals surface area contributed by atoms with E-state index >= 15 is 0 Å². The highest BCUT2D eigenvalue weighted by Crippen LogP contribution is 2.22. The molecule has 0 radical (unpaired) electrons. The zero-order valence-electron chi connectivity index (χ0n) is 12.0. The third-order valence-electron chi connectivity index (χ3n) is 3.86. The summed E-state index contributed by atoms with van der Waals surface area (Å²) in [7, 11) is 0. The second kappa shape index (κ2) is 8.02. The lowest BCUT2D eigenvalue weighted by atomic mass is 9.94. The highest BCUT2D eigenvalue weighted by atomic mass is 16.4. The molecule has 5 nitrogen and oxygen atoms in total. The van der Waals surface area contributed by atoms with E-state index in [1.54, 1.807) is 0 Å². The normalized spacial score (nSPS) is 17.8. The van der Waals surface area contributed by atoms with Gasteiger partial charge in [0, 0.05) is 18.6 Å². The summed E-state index contributed by atoms with van der Waals surface area (Å²) in [6, 6.07) is -0.0637. The van der Waals surface area contributed by atoms with Gasteiger partial charge in [0.05, 0.1) is 6.42 Å². The average molecular weight is 270 g/mol. The van der Waals surface area contributed by atoms with Gasteiger partial charge in [-0.15, -0.1) is 0 Å². The lowest BCUT2D eigenvalue weighted by Crippen LogP contribution is -2.50. The fraction of sp³-hybridized carbons (Fsp3) is 0.857. The van der Waals surface area contributed by atoms with Crippen LogP contribution in [0.4, 0.5) is 4.79 Å². The maximum absolute atomic E-state index is 12.2. The first-order valence-corrected chi connectivity index (χ1v) is 7.37. The lowest BCUT2D eigenvalue weighted by Gasteiger charge is -2.34. The Morgan fingerprint density at radius 1 is 1.26 bits per heavy atom. The van der Waals surface area contributed by atoms with Crippen LogP contribution >= 0.6 is 0 Å². The molecular weight excluding hydrogens is 244 g/mol. The van der Waals surface area contributed by atoms with Crippen molar-refractivity contribution in [3.63, 3.8) is 0 Å². The van der Waals surface area contributed by atoms with Gasteiger partial charge in [-0.25, -0.2) is 4.79 Å². The van der Waals surface area contributed by atoms with Crippen LogP contribution in [0.15, 0.2) is 0 Å². The predicted octanol–water partition coefficient (Wildman–Crippen LogP) is 2.60. The summed E-state index contributed by atoms with van der Waals surface area (Å²) in [5, 5.41) is 11.7. The van der Waals surface area contributed by atoms with E-state index in [2.05, 4.69) is 5.32 Å². The molecule has 1 unspecified atom stereocenters. The summed E-state index contributed by atoms with van der Waals surface area (Å²) in [6.45, 7) is 4.55. The third-order valence-corrected chi connectivity index (χ3v) is 3.86. The van der Waals surface area contributed by atoms with Gasteiger partial charge in [0.15, 0.2) is 0 Å². The molecule has 1 aliphatic rings. The molecule has 1 atom stereocenters. The largest absolute Gasteiger partial charge is 0.481 e. The van der Waals surface area contributed by atoms with Crippen molar-refractivity contribution in [3.05, 3.63) is 0 Å². The van der Waals surface area contributed by atoms with Crippen molar-refractivity contribution in [1.29, 1.82) is 0 Å². The molecule has 1 saturated carbocycles. The number of nitrogens with one attached hydrogen (secondary N) is 1. The van der Waals surface area contributed by atoms with Crippen LogP contribution in [0.1, 0.15) is 58.8 Å². The van der Waals surface area contributed by atoms with E-state index in [0.717, 1.165) is 12.8 Å². The lowest BCUT2D eigenvalue weighted by molar-refractivity contribution is -0.137. The molecule has 2 N–H and O–H groups in total. The molecule has 2 amide bonds. The van der Waals surface area contributed by atoms with E-state index in [1.165, 1.54) is 19.3 Å². The van der Waals surface area contributed by atoms with Crippen LogP contribution in [-0.4, -0.2) is 40.6 Å². The highest BCUT2D eigenvalue weighted by Gasteiger charge is 2.25. The van der Waals surface area contributed by atoms with Crippen LogP contribution in [0.5, 0.6) is 0 Å². The topological polar surface area (TPSA) is 69.6 Å². The van der Waals surface area contributed by atoms with E-state index in [9.17, 15) is 9.59 Å². The molecule has 0 aromatic rings. The number of aliphatic carboxylic acids is 1. The van der Waals surface area contributed by atoms with Crippen LogP contribution in [0, 0.1) is 0 Å². The number of nitrogens with zero attached hydrogens (tertiary/aromatic N) is 1. The quantitative estimate of drug-likeness (QED) is 0.779. The van der Waals surface area contributed by atoms with Crippen LogP contribution in [0.2, 0.25) is 0 Å². The van der Waals surface area contributed by atoms with Gasteiger partial charge in [0.1, 0.15) is 0 Å². The van der Waals surface area contributed by atoms with Crippen molar-refractivity contribution in [2.45, 2.75) is 70.9 Å². The van der Waals surface area contributed by atoms with Gasteiger partial charge in [0.2, 0.25) is 0 Å². The molecule has 0 saturated heterocycles. The van der Waals surface area contributed by atoms with Gasteiger partial charge >= 0.3 is 12.0 Å². The molecule has 0 spiro atoms. The van der Waals surface area contributed by atoms with Gasteiger partial charge in [0.25, 0.3) is 0 Å². The average Bonchev–Trinajstić information content (AvgIpc) is 2.39. The van der Waals surface area contributed by atoms with Crippen molar-refractivity contribution >= 4 is 12.0 Å². The Morgan fingerprint density at radius 2 is 1.89 bits per heavy atom. The monoisotopic (exact) mass is 270 g/mol. The first-order valence-electron chi connectivity index (χ1n) is 7.37. The Kier molecular flexibility index (Phi) is 6.67. The first-order chi connectivity index (χ1) is 9.08. The molecule has 1 aliphatic carbocycles. The molecule has 1 rings (SSSR count). The van der Waals surface area contributed by atoms with E-state index < -0.39 is 5.97 Å². The Morgan fingerprint density at radius 3 is 2.37 bits per heavy atom. The number of carboxylic acids is 1. The number of carbonyl (C=O) groups excluding carboxylic acids is 1. The number of urea groups is 1. The summed E-state index contributed by atoms with van der Waals surface area (Å²) in [4.78, 5) is 24.8. The van der Waals surface area contributed by atoms with Gasteiger partial charge in [-0.3, -0.25) is 4.79 Å². The van der Waals surface area contributed by atoms with E-state index in [-0.39, 0.29) is 18.5 Å². The third kappa shape index (κ3) is 5.09. The zero-order chi connectivity index (χ0) is 14.3. The molecule has 0 aliphatic heterocycles. The first kappa shape index (κ1) is 15.8. The zero-order valence-corrected chi connectivity index (χ0v) is 12.0. The molecule has 0 aromatic carbocycles. The van der Waals surface area contributed by atoms with Crippen molar-refractivity contribution in [1.82, 2.24) is 10.2 Å². The molecule has 19 heavy (non-hydrogen) atoms. The molecule has 1 fully saturated rings. The number of carbonyl (C=O) groups is 2. The Bertz CT molecular complexity index is 301. The van der Waals surface area contributed by atoms with Gasteiger partial charge < -0.3 is 15.3 Å². The van der Waals surface area contributed by atoms with E-state index in [1.807, 2.05) is 18.7 Å². The molecule has 110 valence electrons. The molecule has 0 aromatic heterocycles. The minimum absolute atomic E-state index is 0.00946. The predicted molar refractivity (Wildman–Crippen MR) is 74.1 cm³/mol. The summed E-state index contributed by atoms with van der Waals surface area (Å²) >= 11 is 0. The van der Waals surface area contributed by atoms with Crippen molar-refractivity contribution in [2.75, 3.05) is 6.54 Å². The van der Waals surface area contributed by atoms with Crippen LogP contribution in [0.3, 0.4) is 0 Å². The number of rotatable bonds is 6. The van der Waals surface area contributed by atoms with E-state index in [0.29, 0.717) is 19.0 Å². The maximum Gasteiger partial charge on any atom is 0.317 e. The summed E-state index contributed by atoms with van der Waals surface area (Å²) in [5.41, 5.74) is 0. The van der Waals surface area contributed by atoms with Crippen LogP contribution < -0.4 is 5.32 Å². The minimum atomic E-state index is -0.868. The maximum atomic E-state index is 12.2. The summed E-state index contributed by atoms with van der Waals surface area (Å²) in [6.07, 6.45) is 6.38. The summed E-state index contributed by atoms with van der Waals surface area (Å²) < 4.78 is 0. The second-order valence-electron chi connectivity index (χ2n) is 5.23. The molecule has 0 bridgehead atoms. The number of hydrogen-bond acceptors (Lipinski definition) is 2. The summed E-state index contributed by atoms with van der Waals surface area (Å²) in [5.74, 6) is -0.868.